The van der Waals surface area contributed by atoms with E-state index < -0.39 is 0 Å². The molecule has 2 heterocycles. The highest BCUT2D eigenvalue weighted by Gasteiger charge is 2.15. The molecule has 108 valence electrons. The first-order valence-electron chi connectivity index (χ1n) is 6.78. The molecule has 2 aromatic heterocycles. The number of rotatable bonds is 2. The van der Waals surface area contributed by atoms with Crippen molar-refractivity contribution in [2.45, 2.75) is 0 Å². The van der Waals surface area contributed by atoms with Gasteiger partial charge in [-0.05, 0) is 30.3 Å². The van der Waals surface area contributed by atoms with Gasteiger partial charge in [-0.1, -0.05) is 34.1 Å². The number of fused-ring (bicyclic) bond motifs is 2. The molecule has 2 aromatic carbocycles. The number of amides is 1. The minimum Gasteiger partial charge on any atom is -0.451 e. The molecule has 0 aliphatic heterocycles. The van der Waals surface area contributed by atoms with Crippen molar-refractivity contribution in [3.63, 3.8) is 0 Å². The Hall–Kier alpha value is -2.53. The molecule has 4 nitrogen and oxygen atoms in total. The van der Waals surface area contributed by atoms with E-state index in [9.17, 15) is 4.79 Å². The Bertz CT molecular complexity index is 1000. The van der Waals surface area contributed by atoms with Crippen LogP contribution in [0.4, 0.5) is 5.69 Å². The number of benzene rings is 2. The molecule has 4 aromatic rings. The summed E-state index contributed by atoms with van der Waals surface area (Å²) in [5.41, 5.74) is 2.30. The molecule has 0 bridgehead atoms. The van der Waals surface area contributed by atoms with Gasteiger partial charge in [-0.3, -0.25) is 4.79 Å². The van der Waals surface area contributed by atoms with Crippen LogP contribution in [0.2, 0.25) is 0 Å². The van der Waals surface area contributed by atoms with Gasteiger partial charge >= 0.3 is 0 Å². The van der Waals surface area contributed by atoms with Gasteiger partial charge in [0.1, 0.15) is 5.58 Å². The van der Waals surface area contributed by atoms with Gasteiger partial charge in [-0.25, -0.2) is 0 Å². The highest BCUT2D eigenvalue weighted by Crippen LogP contribution is 2.28. The van der Waals surface area contributed by atoms with Gasteiger partial charge in [-0.15, -0.1) is 0 Å². The Morgan fingerprint density at radius 1 is 1.14 bits per heavy atom. The van der Waals surface area contributed by atoms with Crippen molar-refractivity contribution in [2.24, 2.45) is 0 Å². The maximum Gasteiger partial charge on any atom is 0.291 e. The fraction of sp³-hybridized carbons (Fsp3) is 0. The number of para-hydroxylation sites is 1. The summed E-state index contributed by atoms with van der Waals surface area (Å²) in [5, 5.41) is 4.82. The van der Waals surface area contributed by atoms with E-state index >= 15 is 0 Å². The van der Waals surface area contributed by atoms with Crippen molar-refractivity contribution in [3.05, 3.63) is 65.0 Å². The van der Waals surface area contributed by atoms with Crippen LogP contribution in [0.25, 0.3) is 21.9 Å². The summed E-state index contributed by atoms with van der Waals surface area (Å²) in [4.78, 5) is 15.6. The second kappa shape index (κ2) is 5.03. The molecule has 1 amide bonds. The summed E-state index contributed by atoms with van der Waals surface area (Å²) >= 11 is 3.46. The Labute approximate surface area is 134 Å². The normalized spacial score (nSPS) is 11.1. The van der Waals surface area contributed by atoms with Crippen molar-refractivity contribution >= 4 is 49.4 Å². The monoisotopic (exact) mass is 354 g/mol. The standard InChI is InChI=1S/C17H11BrN2O2/c18-12-4-2-6-14-11(12)9-15(22-14)17(21)20-13-5-1-3-10-7-8-19-16(10)13/h1-9,19H,(H,20,21). The van der Waals surface area contributed by atoms with E-state index in [-0.39, 0.29) is 11.7 Å². The van der Waals surface area contributed by atoms with Crippen LogP contribution < -0.4 is 5.32 Å². The Morgan fingerprint density at radius 2 is 2.00 bits per heavy atom. The summed E-state index contributed by atoms with van der Waals surface area (Å²) < 4.78 is 6.53. The molecular weight excluding hydrogens is 344 g/mol. The van der Waals surface area contributed by atoms with Crippen molar-refractivity contribution in [1.82, 2.24) is 4.98 Å². The predicted octanol–water partition coefficient (Wildman–Crippen LogP) is 4.93. The molecule has 2 N–H and O–H groups in total. The zero-order valence-electron chi connectivity index (χ0n) is 11.4. The summed E-state index contributed by atoms with van der Waals surface area (Å²) in [5.74, 6) is 0.00987. The van der Waals surface area contributed by atoms with Crippen molar-refractivity contribution in [2.75, 3.05) is 5.32 Å². The molecule has 0 saturated heterocycles. The molecule has 0 aliphatic rings. The third-order valence-corrected chi connectivity index (χ3v) is 4.26. The molecular formula is C17H11BrN2O2. The third kappa shape index (κ3) is 2.10. The van der Waals surface area contributed by atoms with Gasteiger partial charge in [0.25, 0.3) is 5.91 Å². The number of aromatic nitrogens is 1. The lowest BCUT2D eigenvalue weighted by Crippen LogP contribution is -2.11. The Balaban J connectivity index is 1.71. The zero-order valence-corrected chi connectivity index (χ0v) is 13.0. The number of furan rings is 1. The van der Waals surface area contributed by atoms with E-state index in [0.717, 1.165) is 26.4 Å². The average molecular weight is 355 g/mol. The minimum absolute atomic E-state index is 0.273. The predicted molar refractivity (Wildman–Crippen MR) is 90.2 cm³/mol. The average Bonchev–Trinajstić information content (AvgIpc) is 3.14. The van der Waals surface area contributed by atoms with E-state index in [1.165, 1.54) is 0 Å². The first-order chi connectivity index (χ1) is 10.7. The van der Waals surface area contributed by atoms with Gasteiger partial charge in [0.15, 0.2) is 5.76 Å². The number of anilines is 1. The SMILES string of the molecule is O=C(Nc1cccc2cc[nH]c12)c1cc2c(Br)cccc2o1. The lowest BCUT2D eigenvalue weighted by atomic mass is 10.2. The summed E-state index contributed by atoms with van der Waals surface area (Å²) in [6.45, 7) is 0. The maximum absolute atomic E-state index is 12.4. The second-order valence-electron chi connectivity index (χ2n) is 4.96. The van der Waals surface area contributed by atoms with Crippen molar-refractivity contribution in [1.29, 1.82) is 0 Å². The van der Waals surface area contributed by atoms with Crippen LogP contribution >= 0.6 is 15.9 Å². The maximum atomic E-state index is 12.4. The number of carbonyl (C=O) groups is 1. The fourth-order valence-electron chi connectivity index (χ4n) is 2.51. The second-order valence-corrected chi connectivity index (χ2v) is 5.82. The van der Waals surface area contributed by atoms with E-state index in [4.69, 9.17) is 4.42 Å². The van der Waals surface area contributed by atoms with Crippen molar-refractivity contribution < 1.29 is 9.21 Å². The van der Waals surface area contributed by atoms with Crippen LogP contribution in [-0.2, 0) is 0 Å². The van der Waals surface area contributed by atoms with Crippen LogP contribution in [0.1, 0.15) is 10.6 Å². The van der Waals surface area contributed by atoms with E-state index in [2.05, 4.69) is 26.2 Å². The summed E-state index contributed by atoms with van der Waals surface area (Å²) in [6, 6.07) is 15.1. The quantitative estimate of drug-likeness (QED) is 0.536. The zero-order chi connectivity index (χ0) is 15.1. The first-order valence-corrected chi connectivity index (χ1v) is 7.57. The van der Waals surface area contributed by atoms with Crippen LogP contribution in [0, 0.1) is 0 Å². The number of H-pyrrole nitrogens is 1. The smallest absolute Gasteiger partial charge is 0.291 e. The summed E-state index contributed by atoms with van der Waals surface area (Å²) in [6.07, 6.45) is 1.85. The third-order valence-electron chi connectivity index (χ3n) is 3.57. The number of halogens is 1. The Morgan fingerprint density at radius 3 is 2.86 bits per heavy atom. The number of aromatic amines is 1. The molecule has 0 saturated carbocycles. The number of nitrogens with one attached hydrogen (secondary N) is 2. The number of carbonyl (C=O) groups excluding carboxylic acids is 1. The molecule has 0 aliphatic carbocycles. The molecule has 5 heteroatoms. The van der Waals surface area contributed by atoms with Crippen LogP contribution in [-0.4, -0.2) is 10.9 Å². The Kier molecular flexibility index (Phi) is 3.01. The fourth-order valence-corrected chi connectivity index (χ4v) is 2.97. The van der Waals surface area contributed by atoms with E-state index in [1.807, 2.05) is 48.7 Å². The molecule has 22 heavy (non-hydrogen) atoms. The first kappa shape index (κ1) is 13.2. The van der Waals surface area contributed by atoms with E-state index in [0.29, 0.717) is 5.58 Å². The topological polar surface area (TPSA) is 58.0 Å². The lowest BCUT2D eigenvalue weighted by molar-refractivity contribution is 0.0999. The molecule has 0 unspecified atom stereocenters. The van der Waals surface area contributed by atoms with Crippen LogP contribution in [0.3, 0.4) is 0 Å². The lowest BCUT2D eigenvalue weighted by Gasteiger charge is -2.04. The molecule has 0 radical (unpaired) electrons. The van der Waals surface area contributed by atoms with Gasteiger partial charge in [0.05, 0.1) is 11.2 Å². The molecule has 4 rings (SSSR count). The van der Waals surface area contributed by atoms with Gasteiger partial charge in [0.2, 0.25) is 0 Å². The van der Waals surface area contributed by atoms with Crippen molar-refractivity contribution in [3.8, 4) is 0 Å². The van der Waals surface area contributed by atoms with Crippen LogP contribution in [0.15, 0.2) is 63.6 Å². The molecule has 0 atom stereocenters. The van der Waals surface area contributed by atoms with Gasteiger partial charge in [-0.2, -0.15) is 0 Å². The molecule has 0 spiro atoms. The van der Waals surface area contributed by atoms with Gasteiger partial charge in [0, 0.05) is 21.4 Å². The van der Waals surface area contributed by atoms with Gasteiger partial charge < -0.3 is 14.7 Å². The number of hydrogen-bond donors (Lipinski definition) is 2. The highest BCUT2D eigenvalue weighted by atomic mass is 79.9. The summed E-state index contributed by atoms with van der Waals surface area (Å²) in [7, 11) is 0. The molecule has 0 fully saturated rings. The number of hydrogen-bond acceptors (Lipinski definition) is 2. The van der Waals surface area contributed by atoms with E-state index in [1.54, 1.807) is 6.07 Å². The minimum atomic E-state index is -0.273. The van der Waals surface area contributed by atoms with Crippen LogP contribution in [0.5, 0.6) is 0 Å². The highest BCUT2D eigenvalue weighted by molar-refractivity contribution is 9.10. The largest absolute Gasteiger partial charge is 0.451 e.